The predicted octanol–water partition coefficient (Wildman–Crippen LogP) is 5.02. The Labute approximate surface area is 151 Å². The van der Waals surface area contributed by atoms with E-state index in [2.05, 4.69) is 45.1 Å². The molecule has 1 rings (SSSR count). The van der Waals surface area contributed by atoms with Crippen molar-refractivity contribution < 1.29 is 9.53 Å². The SMILES string of the molecule is CCC(C)Sc1ccc(NC(=O)N(CCOC)CC(C)C)c(C)c1. The highest BCUT2D eigenvalue weighted by Gasteiger charge is 2.16. The highest BCUT2D eigenvalue weighted by Crippen LogP contribution is 2.28. The Bertz CT molecular complexity index is 520. The molecule has 0 saturated carbocycles. The maximum atomic E-state index is 12.6. The number of hydrogen-bond acceptors (Lipinski definition) is 3. The number of nitrogens with zero attached hydrogens (tertiary/aromatic N) is 1. The Kier molecular flexibility index (Phi) is 9.22. The molecule has 0 aliphatic carbocycles. The van der Waals surface area contributed by atoms with Gasteiger partial charge in [0.25, 0.3) is 0 Å². The lowest BCUT2D eigenvalue weighted by molar-refractivity contribution is 0.150. The third-order valence-corrected chi connectivity index (χ3v) is 5.05. The summed E-state index contributed by atoms with van der Waals surface area (Å²) in [6.07, 6.45) is 1.14. The highest BCUT2D eigenvalue weighted by molar-refractivity contribution is 7.99. The van der Waals surface area contributed by atoms with E-state index in [1.807, 2.05) is 29.7 Å². The first kappa shape index (κ1) is 20.8. The number of nitrogens with one attached hydrogen (secondary N) is 1. The zero-order valence-corrected chi connectivity index (χ0v) is 16.7. The van der Waals surface area contributed by atoms with Gasteiger partial charge in [-0.1, -0.05) is 27.7 Å². The molecule has 0 aromatic heterocycles. The molecular weight excluding hydrogens is 320 g/mol. The van der Waals surface area contributed by atoms with Gasteiger partial charge >= 0.3 is 6.03 Å². The zero-order chi connectivity index (χ0) is 18.1. The Morgan fingerprint density at radius 2 is 2.04 bits per heavy atom. The van der Waals surface area contributed by atoms with E-state index in [-0.39, 0.29) is 6.03 Å². The van der Waals surface area contributed by atoms with Gasteiger partial charge in [0.05, 0.1) is 6.61 Å². The van der Waals surface area contributed by atoms with Crippen LogP contribution in [0.1, 0.15) is 39.7 Å². The summed E-state index contributed by atoms with van der Waals surface area (Å²) in [5.74, 6) is 0.419. The molecule has 0 heterocycles. The largest absolute Gasteiger partial charge is 0.383 e. The number of methoxy groups -OCH3 is 1. The van der Waals surface area contributed by atoms with Crippen LogP contribution in [-0.2, 0) is 4.74 Å². The van der Waals surface area contributed by atoms with Crippen molar-refractivity contribution in [1.82, 2.24) is 4.90 Å². The van der Waals surface area contributed by atoms with Gasteiger partial charge in [-0.2, -0.15) is 0 Å². The molecule has 1 aromatic rings. The number of urea groups is 1. The topological polar surface area (TPSA) is 41.6 Å². The summed E-state index contributed by atoms with van der Waals surface area (Å²) in [6, 6.07) is 6.17. The Morgan fingerprint density at radius 1 is 1.33 bits per heavy atom. The van der Waals surface area contributed by atoms with E-state index in [1.54, 1.807) is 7.11 Å². The average Bonchev–Trinajstić information content (AvgIpc) is 2.53. The lowest BCUT2D eigenvalue weighted by Gasteiger charge is -2.25. The van der Waals surface area contributed by atoms with E-state index < -0.39 is 0 Å². The molecule has 1 atom stereocenters. The second kappa shape index (κ2) is 10.6. The molecule has 0 radical (unpaired) electrons. The molecule has 0 fully saturated rings. The third kappa shape index (κ3) is 7.14. The Hall–Kier alpha value is -1.20. The monoisotopic (exact) mass is 352 g/mol. The van der Waals surface area contributed by atoms with Crippen molar-refractivity contribution >= 4 is 23.5 Å². The maximum absolute atomic E-state index is 12.6. The van der Waals surface area contributed by atoms with E-state index in [9.17, 15) is 4.79 Å². The van der Waals surface area contributed by atoms with E-state index >= 15 is 0 Å². The molecule has 1 N–H and O–H groups in total. The fraction of sp³-hybridized carbons (Fsp3) is 0.632. The molecule has 24 heavy (non-hydrogen) atoms. The first-order chi connectivity index (χ1) is 11.4. The summed E-state index contributed by atoms with van der Waals surface area (Å²) in [7, 11) is 1.66. The van der Waals surface area contributed by atoms with Crippen LogP contribution in [-0.4, -0.2) is 43.0 Å². The number of benzene rings is 1. The van der Waals surface area contributed by atoms with E-state index in [0.717, 1.165) is 24.2 Å². The van der Waals surface area contributed by atoms with Gasteiger partial charge in [0.2, 0.25) is 0 Å². The standard InChI is InChI=1S/C19H32N2O2S/c1-7-16(5)24-17-8-9-18(15(4)12-17)20-19(22)21(10-11-23-6)13-14(2)3/h8-9,12,14,16H,7,10-11,13H2,1-6H3,(H,20,22). The molecule has 0 aliphatic rings. The molecule has 2 amide bonds. The van der Waals surface area contributed by atoms with Gasteiger partial charge in [0.1, 0.15) is 0 Å². The number of carbonyl (C=O) groups is 1. The van der Waals surface area contributed by atoms with Gasteiger partial charge in [-0.3, -0.25) is 0 Å². The number of aryl methyl sites for hydroxylation is 1. The second-order valence-corrected chi connectivity index (χ2v) is 8.09. The lowest BCUT2D eigenvalue weighted by atomic mass is 10.2. The number of carbonyl (C=O) groups excluding carboxylic acids is 1. The minimum absolute atomic E-state index is 0.0637. The molecule has 4 nitrogen and oxygen atoms in total. The number of amides is 2. The summed E-state index contributed by atoms with van der Waals surface area (Å²) < 4.78 is 5.12. The van der Waals surface area contributed by atoms with Crippen molar-refractivity contribution in [1.29, 1.82) is 0 Å². The van der Waals surface area contributed by atoms with Crippen LogP contribution in [0, 0.1) is 12.8 Å². The van der Waals surface area contributed by atoms with Gasteiger partial charge in [-0.25, -0.2) is 4.79 Å². The molecule has 1 unspecified atom stereocenters. The number of hydrogen-bond donors (Lipinski definition) is 1. The van der Waals surface area contributed by atoms with Crippen molar-refractivity contribution in [2.75, 3.05) is 32.1 Å². The summed E-state index contributed by atoms with van der Waals surface area (Å²) in [5.41, 5.74) is 1.97. The predicted molar refractivity (Wildman–Crippen MR) is 104 cm³/mol. The average molecular weight is 353 g/mol. The van der Waals surface area contributed by atoms with Crippen LogP contribution >= 0.6 is 11.8 Å². The number of anilines is 1. The third-order valence-electron chi connectivity index (χ3n) is 3.79. The van der Waals surface area contributed by atoms with Gasteiger partial charge in [0, 0.05) is 36.0 Å². The van der Waals surface area contributed by atoms with Gasteiger partial charge in [-0.05, 0) is 43.0 Å². The van der Waals surface area contributed by atoms with E-state index in [0.29, 0.717) is 24.3 Å². The van der Waals surface area contributed by atoms with Crippen LogP contribution < -0.4 is 5.32 Å². The fourth-order valence-corrected chi connectivity index (χ4v) is 3.30. The van der Waals surface area contributed by atoms with Crippen molar-refractivity contribution in [3.8, 4) is 0 Å². The number of thioether (sulfide) groups is 1. The van der Waals surface area contributed by atoms with Crippen LogP contribution in [0.3, 0.4) is 0 Å². The number of ether oxygens (including phenoxy) is 1. The molecule has 0 aliphatic heterocycles. The van der Waals surface area contributed by atoms with E-state index in [4.69, 9.17) is 4.74 Å². The van der Waals surface area contributed by atoms with E-state index in [1.165, 1.54) is 4.90 Å². The van der Waals surface area contributed by atoms with Gasteiger partial charge in [-0.15, -0.1) is 11.8 Å². The van der Waals surface area contributed by atoms with Crippen molar-refractivity contribution in [2.24, 2.45) is 5.92 Å². The quantitative estimate of drug-likeness (QED) is 0.634. The van der Waals surface area contributed by atoms with Crippen molar-refractivity contribution in [3.63, 3.8) is 0 Å². The minimum atomic E-state index is -0.0637. The van der Waals surface area contributed by atoms with Crippen LogP contribution in [0.4, 0.5) is 10.5 Å². The van der Waals surface area contributed by atoms with Crippen molar-refractivity contribution in [3.05, 3.63) is 23.8 Å². The smallest absolute Gasteiger partial charge is 0.321 e. The first-order valence-corrected chi connectivity index (χ1v) is 9.57. The van der Waals surface area contributed by atoms with Crippen LogP contribution in [0.2, 0.25) is 0 Å². The molecule has 136 valence electrons. The van der Waals surface area contributed by atoms with Crippen LogP contribution in [0.5, 0.6) is 0 Å². The molecule has 0 saturated heterocycles. The van der Waals surface area contributed by atoms with Gasteiger partial charge in [0.15, 0.2) is 0 Å². The zero-order valence-electron chi connectivity index (χ0n) is 15.9. The summed E-state index contributed by atoms with van der Waals surface area (Å²) in [5, 5.41) is 3.64. The summed E-state index contributed by atoms with van der Waals surface area (Å²) >= 11 is 1.87. The van der Waals surface area contributed by atoms with Crippen LogP contribution in [0.25, 0.3) is 0 Å². The second-order valence-electron chi connectivity index (χ2n) is 6.58. The molecule has 5 heteroatoms. The summed E-state index contributed by atoms with van der Waals surface area (Å²) in [6.45, 7) is 12.6. The van der Waals surface area contributed by atoms with Crippen molar-refractivity contribution in [2.45, 2.75) is 51.2 Å². The summed E-state index contributed by atoms with van der Waals surface area (Å²) in [4.78, 5) is 15.6. The normalized spacial score (nSPS) is 12.3. The fourth-order valence-electron chi connectivity index (χ4n) is 2.28. The molecule has 0 spiro atoms. The lowest BCUT2D eigenvalue weighted by Crippen LogP contribution is -2.39. The van der Waals surface area contributed by atoms with Crippen LogP contribution in [0.15, 0.2) is 23.1 Å². The molecular formula is C19H32N2O2S. The minimum Gasteiger partial charge on any atom is -0.383 e. The molecule has 0 bridgehead atoms. The first-order valence-electron chi connectivity index (χ1n) is 8.69. The Morgan fingerprint density at radius 3 is 2.58 bits per heavy atom. The number of rotatable bonds is 9. The van der Waals surface area contributed by atoms with Gasteiger partial charge < -0.3 is 15.0 Å². The Balaban J connectivity index is 2.76. The maximum Gasteiger partial charge on any atom is 0.321 e. The highest BCUT2D eigenvalue weighted by atomic mass is 32.2. The molecule has 1 aromatic carbocycles.